The molecule has 0 amide bonds. The van der Waals surface area contributed by atoms with E-state index in [0.717, 1.165) is 27.0 Å². The first-order valence-corrected chi connectivity index (χ1v) is 11.4. The Kier molecular flexibility index (Phi) is 5.79. The van der Waals surface area contributed by atoms with Gasteiger partial charge in [0.2, 0.25) is 0 Å². The first-order valence-electron chi connectivity index (χ1n) is 10.0. The van der Waals surface area contributed by atoms with Crippen molar-refractivity contribution in [2.75, 3.05) is 0 Å². The van der Waals surface area contributed by atoms with Crippen LogP contribution in [0.5, 0.6) is 11.5 Å². The molecule has 152 valence electrons. The van der Waals surface area contributed by atoms with Crippen molar-refractivity contribution >= 4 is 23.8 Å². The maximum absolute atomic E-state index is 11.3. The zero-order chi connectivity index (χ0) is 21.4. The van der Waals surface area contributed by atoms with E-state index in [1.54, 1.807) is 0 Å². The van der Waals surface area contributed by atoms with Crippen LogP contribution in [-0.2, 0) is 10.8 Å². The summed E-state index contributed by atoms with van der Waals surface area (Å²) in [5.74, 6) is 0.658. The van der Waals surface area contributed by atoms with Crippen LogP contribution in [0.15, 0.2) is 66.7 Å². The number of benzene rings is 3. The maximum atomic E-state index is 11.3. The Hall–Kier alpha value is -2.31. The van der Waals surface area contributed by atoms with Crippen LogP contribution in [0.2, 0.25) is 0 Å². The number of phenols is 2. The average Bonchev–Trinajstić information content (AvgIpc) is 2.63. The molecule has 2 nitrogen and oxygen atoms in total. The number of aromatic hydroxyl groups is 2. The summed E-state index contributed by atoms with van der Waals surface area (Å²) in [6, 6.07) is 22.2. The van der Waals surface area contributed by atoms with Gasteiger partial charge in [0.05, 0.1) is 0 Å². The van der Waals surface area contributed by atoms with Crippen LogP contribution >= 0.6 is 7.92 Å². The van der Waals surface area contributed by atoms with Gasteiger partial charge in [-0.15, -0.1) is 0 Å². The summed E-state index contributed by atoms with van der Waals surface area (Å²) < 4.78 is 0. The van der Waals surface area contributed by atoms with Crippen molar-refractivity contribution in [3.8, 4) is 11.5 Å². The van der Waals surface area contributed by atoms with E-state index in [1.807, 2.05) is 54.6 Å². The number of rotatable bonds is 3. The van der Waals surface area contributed by atoms with Gasteiger partial charge in [-0.3, -0.25) is 0 Å². The molecule has 0 atom stereocenters. The fraction of sp³-hybridized carbons (Fsp3) is 0.308. The molecular formula is C26H31O2P. The van der Waals surface area contributed by atoms with E-state index < -0.39 is 7.92 Å². The second kappa shape index (κ2) is 7.84. The normalized spacial score (nSPS) is 12.4. The van der Waals surface area contributed by atoms with Crippen LogP contribution in [0.3, 0.4) is 0 Å². The lowest BCUT2D eigenvalue weighted by Crippen LogP contribution is -2.25. The standard InChI is InChI=1S/C26H31O2P/c1-25(2,3)19-14-10-16-21(23(19)27)29(18-12-8-7-9-13-18)22-17-11-15-20(24(22)28)26(4,5)6/h7-17,27-28H,1-6H3. The largest absolute Gasteiger partial charge is 0.507 e. The van der Waals surface area contributed by atoms with E-state index in [4.69, 9.17) is 0 Å². The maximum Gasteiger partial charge on any atom is 0.127 e. The van der Waals surface area contributed by atoms with Crippen LogP contribution in [0, 0.1) is 0 Å². The van der Waals surface area contributed by atoms with E-state index in [1.165, 1.54) is 0 Å². The van der Waals surface area contributed by atoms with Gasteiger partial charge in [0.25, 0.3) is 0 Å². The first-order chi connectivity index (χ1) is 13.5. The van der Waals surface area contributed by atoms with Crippen molar-refractivity contribution in [2.45, 2.75) is 52.4 Å². The second-order valence-corrected chi connectivity index (χ2v) is 11.7. The van der Waals surface area contributed by atoms with Gasteiger partial charge in [-0.05, 0) is 35.2 Å². The highest BCUT2D eigenvalue weighted by Gasteiger charge is 2.29. The highest BCUT2D eigenvalue weighted by Crippen LogP contribution is 2.43. The van der Waals surface area contributed by atoms with Gasteiger partial charge in [0, 0.05) is 10.6 Å². The molecule has 0 aliphatic rings. The van der Waals surface area contributed by atoms with Crippen LogP contribution in [0.1, 0.15) is 52.7 Å². The molecule has 0 aromatic heterocycles. The lowest BCUT2D eigenvalue weighted by Gasteiger charge is -2.28. The molecule has 0 spiro atoms. The Morgan fingerprint density at radius 2 is 0.966 bits per heavy atom. The minimum absolute atomic E-state index is 0.174. The zero-order valence-electron chi connectivity index (χ0n) is 18.2. The molecule has 0 heterocycles. The Balaban J connectivity index is 2.31. The number of hydrogen-bond donors (Lipinski definition) is 2. The van der Waals surface area contributed by atoms with Gasteiger partial charge in [-0.1, -0.05) is 108 Å². The molecule has 0 radical (unpaired) electrons. The smallest absolute Gasteiger partial charge is 0.127 e. The Bertz CT molecular complexity index is 932. The third-order valence-electron chi connectivity index (χ3n) is 5.14. The van der Waals surface area contributed by atoms with Gasteiger partial charge < -0.3 is 10.2 Å². The molecule has 0 saturated heterocycles. The number of phenolic OH excluding ortho intramolecular Hbond substituents is 2. The van der Waals surface area contributed by atoms with Crippen molar-refractivity contribution in [1.29, 1.82) is 0 Å². The van der Waals surface area contributed by atoms with E-state index >= 15 is 0 Å². The number of hydrogen-bond acceptors (Lipinski definition) is 2. The lowest BCUT2D eigenvalue weighted by atomic mass is 9.86. The van der Waals surface area contributed by atoms with E-state index in [-0.39, 0.29) is 10.8 Å². The summed E-state index contributed by atoms with van der Waals surface area (Å²) in [6.45, 7) is 12.6. The molecule has 3 rings (SSSR count). The Morgan fingerprint density at radius 1 is 0.552 bits per heavy atom. The third-order valence-corrected chi connectivity index (χ3v) is 7.64. The van der Waals surface area contributed by atoms with Gasteiger partial charge in [-0.2, -0.15) is 0 Å². The van der Waals surface area contributed by atoms with Gasteiger partial charge >= 0.3 is 0 Å². The average molecular weight is 407 g/mol. The minimum atomic E-state index is -1.11. The fourth-order valence-corrected chi connectivity index (χ4v) is 6.04. The SMILES string of the molecule is CC(C)(C)c1cccc(P(c2ccccc2)c2cccc(C(C)(C)C)c2O)c1O. The molecule has 3 aromatic rings. The van der Waals surface area contributed by atoms with E-state index in [2.05, 4.69) is 53.7 Å². The summed E-state index contributed by atoms with van der Waals surface area (Å²) in [5, 5.41) is 25.4. The molecule has 0 aliphatic carbocycles. The third kappa shape index (κ3) is 4.33. The van der Waals surface area contributed by atoms with Crippen molar-refractivity contribution in [3.05, 3.63) is 77.9 Å². The summed E-state index contributed by atoms with van der Waals surface area (Å²) in [5.41, 5.74) is 1.50. The molecule has 3 heteroatoms. The van der Waals surface area contributed by atoms with Crippen LogP contribution in [0.25, 0.3) is 0 Å². The van der Waals surface area contributed by atoms with Crippen molar-refractivity contribution in [3.63, 3.8) is 0 Å². The van der Waals surface area contributed by atoms with Gasteiger partial charge in [0.1, 0.15) is 11.5 Å². The highest BCUT2D eigenvalue weighted by molar-refractivity contribution is 7.80. The fourth-order valence-electron chi connectivity index (χ4n) is 3.62. The van der Waals surface area contributed by atoms with Gasteiger partial charge in [0.15, 0.2) is 0 Å². The monoisotopic (exact) mass is 406 g/mol. The minimum Gasteiger partial charge on any atom is -0.507 e. The molecule has 0 saturated carbocycles. The van der Waals surface area contributed by atoms with E-state index in [0.29, 0.717) is 11.5 Å². The van der Waals surface area contributed by atoms with Crippen molar-refractivity contribution < 1.29 is 10.2 Å². The first kappa shape index (κ1) is 21.4. The van der Waals surface area contributed by atoms with Crippen LogP contribution in [-0.4, -0.2) is 10.2 Å². The second-order valence-electron chi connectivity index (χ2n) is 9.52. The molecule has 0 bridgehead atoms. The Labute approximate surface area is 176 Å². The Morgan fingerprint density at radius 3 is 1.34 bits per heavy atom. The summed E-state index contributed by atoms with van der Waals surface area (Å²) in [7, 11) is -1.11. The molecule has 3 aromatic carbocycles. The topological polar surface area (TPSA) is 40.5 Å². The van der Waals surface area contributed by atoms with Crippen molar-refractivity contribution in [1.82, 2.24) is 0 Å². The van der Waals surface area contributed by atoms with Crippen molar-refractivity contribution in [2.24, 2.45) is 0 Å². The highest BCUT2D eigenvalue weighted by atomic mass is 31.1. The molecular weight excluding hydrogens is 375 g/mol. The summed E-state index contributed by atoms with van der Waals surface area (Å²) in [6.07, 6.45) is 0. The molecule has 0 fully saturated rings. The van der Waals surface area contributed by atoms with Gasteiger partial charge in [-0.25, -0.2) is 0 Å². The predicted molar refractivity (Wildman–Crippen MR) is 126 cm³/mol. The number of para-hydroxylation sites is 2. The molecule has 2 N–H and O–H groups in total. The molecule has 0 aliphatic heterocycles. The lowest BCUT2D eigenvalue weighted by molar-refractivity contribution is 0.450. The molecule has 29 heavy (non-hydrogen) atoms. The quantitative estimate of drug-likeness (QED) is 0.568. The zero-order valence-corrected chi connectivity index (χ0v) is 19.1. The predicted octanol–water partition coefficient (Wildman–Crippen LogP) is 5.45. The molecule has 0 unspecified atom stereocenters. The summed E-state index contributed by atoms with van der Waals surface area (Å²) in [4.78, 5) is 0. The van der Waals surface area contributed by atoms with Crippen LogP contribution in [0.4, 0.5) is 0 Å². The van der Waals surface area contributed by atoms with Crippen LogP contribution < -0.4 is 15.9 Å². The summed E-state index contributed by atoms with van der Waals surface area (Å²) >= 11 is 0. The van der Waals surface area contributed by atoms with E-state index in [9.17, 15) is 10.2 Å².